The van der Waals surface area contributed by atoms with Crippen molar-refractivity contribution in [3.8, 4) is 0 Å². The number of oxime groups is 1. The van der Waals surface area contributed by atoms with Crippen molar-refractivity contribution in [3.05, 3.63) is 36.0 Å². The Morgan fingerprint density at radius 3 is 2.76 bits per heavy atom. The Hall–Kier alpha value is -2.58. The van der Waals surface area contributed by atoms with Crippen LogP contribution in [-0.4, -0.2) is 47.3 Å². The number of fused-ring (bicyclic) bond motifs is 1. The zero-order chi connectivity index (χ0) is 20.9. The lowest BCUT2D eigenvalue weighted by atomic mass is 10.0. The lowest BCUT2D eigenvalue weighted by Crippen LogP contribution is -2.45. The molecule has 8 heteroatoms. The van der Waals surface area contributed by atoms with E-state index < -0.39 is 12.1 Å². The zero-order valence-corrected chi connectivity index (χ0v) is 17.1. The Labute approximate surface area is 170 Å². The molecule has 1 saturated heterocycles. The van der Waals surface area contributed by atoms with Crippen LogP contribution in [0, 0.1) is 5.92 Å². The van der Waals surface area contributed by atoms with Gasteiger partial charge >= 0.3 is 12.1 Å². The standard InChI is InChI=1S/C21H28N2O6/c1-15(18-12-23(3)19-10-5-4-9-17(18)19)22-28-11-7-6-8-16-13-26-21(2,27-14-16)29-20(24)25/h4-5,9-10,12,16H,6-8,11,13-14H2,1-3H3,(H,24,25). The average molecular weight is 404 g/mol. The molecule has 0 spiro atoms. The van der Waals surface area contributed by atoms with E-state index in [4.69, 9.17) is 19.4 Å². The van der Waals surface area contributed by atoms with Gasteiger partial charge < -0.3 is 28.7 Å². The highest BCUT2D eigenvalue weighted by Gasteiger charge is 2.36. The van der Waals surface area contributed by atoms with Crippen LogP contribution >= 0.6 is 0 Å². The van der Waals surface area contributed by atoms with Crippen LogP contribution in [0.15, 0.2) is 35.6 Å². The van der Waals surface area contributed by atoms with Crippen LogP contribution in [0.4, 0.5) is 4.79 Å². The fourth-order valence-corrected chi connectivity index (χ4v) is 3.43. The van der Waals surface area contributed by atoms with Gasteiger partial charge in [-0.25, -0.2) is 4.79 Å². The number of rotatable bonds is 8. The summed E-state index contributed by atoms with van der Waals surface area (Å²) < 4.78 is 17.5. The molecular formula is C21H28N2O6. The first-order chi connectivity index (χ1) is 13.9. The molecule has 0 bridgehead atoms. The highest BCUT2D eigenvalue weighted by molar-refractivity contribution is 6.09. The van der Waals surface area contributed by atoms with Crippen LogP contribution in [0.2, 0.25) is 0 Å². The number of carbonyl (C=O) groups is 1. The molecule has 1 N–H and O–H groups in total. The molecule has 158 valence electrons. The van der Waals surface area contributed by atoms with Gasteiger partial charge in [-0.1, -0.05) is 23.4 Å². The third-order valence-electron chi connectivity index (χ3n) is 5.02. The highest BCUT2D eigenvalue weighted by Crippen LogP contribution is 2.25. The van der Waals surface area contributed by atoms with E-state index in [1.54, 1.807) is 0 Å². The molecule has 0 amide bonds. The first kappa shape index (κ1) is 21.1. The van der Waals surface area contributed by atoms with E-state index in [0.717, 1.165) is 35.9 Å². The second-order valence-electron chi connectivity index (χ2n) is 7.39. The molecule has 29 heavy (non-hydrogen) atoms. The number of aryl methyl sites for hydroxylation is 1. The van der Waals surface area contributed by atoms with Gasteiger partial charge in [0.1, 0.15) is 6.61 Å². The Balaban J connectivity index is 1.37. The summed E-state index contributed by atoms with van der Waals surface area (Å²) in [5.41, 5.74) is 3.10. The van der Waals surface area contributed by atoms with Gasteiger partial charge in [-0.15, -0.1) is 0 Å². The third-order valence-corrected chi connectivity index (χ3v) is 5.02. The van der Waals surface area contributed by atoms with Crippen LogP contribution in [0.3, 0.4) is 0 Å². The summed E-state index contributed by atoms with van der Waals surface area (Å²) in [7, 11) is 2.02. The first-order valence-corrected chi connectivity index (χ1v) is 9.79. The van der Waals surface area contributed by atoms with E-state index in [-0.39, 0.29) is 5.92 Å². The Bertz CT molecular complexity index is 867. The lowest BCUT2D eigenvalue weighted by Gasteiger charge is -2.35. The number of benzene rings is 1. The topological polar surface area (TPSA) is 91.5 Å². The van der Waals surface area contributed by atoms with E-state index in [0.29, 0.717) is 19.8 Å². The van der Waals surface area contributed by atoms with Crippen LogP contribution in [0.25, 0.3) is 10.9 Å². The molecule has 0 radical (unpaired) electrons. The van der Waals surface area contributed by atoms with Crippen molar-refractivity contribution < 1.29 is 28.9 Å². The van der Waals surface area contributed by atoms with Gasteiger partial charge in [0.15, 0.2) is 0 Å². The lowest BCUT2D eigenvalue weighted by molar-refractivity contribution is -0.379. The summed E-state index contributed by atoms with van der Waals surface area (Å²) >= 11 is 0. The van der Waals surface area contributed by atoms with E-state index in [1.807, 2.05) is 26.1 Å². The Morgan fingerprint density at radius 1 is 1.31 bits per heavy atom. The largest absolute Gasteiger partial charge is 0.510 e. The summed E-state index contributed by atoms with van der Waals surface area (Å²) in [5, 5.41) is 14.1. The third kappa shape index (κ3) is 5.48. The minimum atomic E-state index is -1.50. The summed E-state index contributed by atoms with van der Waals surface area (Å²) in [4.78, 5) is 16.1. The van der Waals surface area contributed by atoms with Crippen molar-refractivity contribution in [2.24, 2.45) is 18.1 Å². The van der Waals surface area contributed by atoms with Gasteiger partial charge in [0.25, 0.3) is 0 Å². The van der Waals surface area contributed by atoms with Crippen LogP contribution < -0.4 is 0 Å². The summed E-state index contributed by atoms with van der Waals surface area (Å²) in [5.74, 6) is -1.29. The van der Waals surface area contributed by atoms with E-state index in [2.05, 4.69) is 32.8 Å². The summed E-state index contributed by atoms with van der Waals surface area (Å²) in [6.07, 6.45) is 3.36. The normalized spacial score (nSPS) is 22.6. The van der Waals surface area contributed by atoms with Gasteiger partial charge in [-0.05, 0) is 32.3 Å². The quantitative estimate of drug-likeness (QED) is 0.308. The molecule has 0 atom stereocenters. The van der Waals surface area contributed by atoms with E-state index >= 15 is 0 Å². The van der Waals surface area contributed by atoms with Gasteiger partial charge in [0.05, 0.1) is 18.9 Å². The molecule has 1 aliphatic heterocycles. The number of nitrogens with zero attached hydrogens (tertiary/aromatic N) is 2. The maximum atomic E-state index is 10.6. The molecule has 8 nitrogen and oxygen atoms in total. The summed E-state index contributed by atoms with van der Waals surface area (Å²) in [6.45, 7) is 4.76. The number of unbranched alkanes of at least 4 members (excludes halogenated alkanes) is 1. The maximum Gasteiger partial charge on any atom is 0.510 e. The fourth-order valence-electron chi connectivity index (χ4n) is 3.43. The Morgan fingerprint density at radius 2 is 2.03 bits per heavy atom. The minimum absolute atomic E-state index is 0.210. The van der Waals surface area contributed by atoms with Crippen molar-refractivity contribution in [1.29, 1.82) is 0 Å². The first-order valence-electron chi connectivity index (χ1n) is 9.79. The number of hydrogen-bond donors (Lipinski definition) is 1. The summed E-state index contributed by atoms with van der Waals surface area (Å²) in [6, 6.07) is 8.22. The van der Waals surface area contributed by atoms with Crippen LogP contribution in [-0.2, 0) is 26.1 Å². The number of hydrogen-bond acceptors (Lipinski definition) is 6. The van der Waals surface area contributed by atoms with Crippen molar-refractivity contribution in [2.45, 2.75) is 39.1 Å². The molecule has 0 unspecified atom stereocenters. The molecule has 1 aromatic carbocycles. The number of aromatic nitrogens is 1. The molecule has 1 aromatic heterocycles. The van der Waals surface area contributed by atoms with Crippen LogP contribution in [0.1, 0.15) is 38.7 Å². The van der Waals surface area contributed by atoms with Gasteiger partial charge in [-0.2, -0.15) is 0 Å². The minimum Gasteiger partial charge on any atom is -0.450 e. The monoisotopic (exact) mass is 404 g/mol. The molecule has 2 heterocycles. The van der Waals surface area contributed by atoms with E-state index in [9.17, 15) is 4.79 Å². The van der Waals surface area contributed by atoms with Gasteiger partial charge in [0.2, 0.25) is 0 Å². The molecule has 1 aliphatic rings. The molecule has 3 rings (SSSR count). The Kier molecular flexibility index (Phi) is 6.76. The smallest absolute Gasteiger partial charge is 0.450 e. The fraction of sp³-hybridized carbons (Fsp3) is 0.524. The SMILES string of the molecule is CC(=NOCCCCC1COC(C)(OC(=O)O)OC1)c1cn(C)c2ccccc12. The molecule has 0 saturated carbocycles. The second-order valence-corrected chi connectivity index (χ2v) is 7.39. The molecular weight excluding hydrogens is 376 g/mol. The van der Waals surface area contributed by atoms with Gasteiger partial charge in [0, 0.05) is 42.6 Å². The van der Waals surface area contributed by atoms with Crippen molar-refractivity contribution in [3.63, 3.8) is 0 Å². The van der Waals surface area contributed by atoms with Crippen molar-refractivity contribution in [2.75, 3.05) is 19.8 Å². The molecule has 1 fully saturated rings. The average Bonchev–Trinajstić information content (AvgIpc) is 3.02. The predicted octanol–water partition coefficient (Wildman–Crippen LogP) is 4.12. The maximum absolute atomic E-state index is 10.6. The molecule has 2 aromatic rings. The number of carboxylic acid groups (broad SMARTS) is 1. The van der Waals surface area contributed by atoms with E-state index in [1.165, 1.54) is 12.4 Å². The van der Waals surface area contributed by atoms with Crippen molar-refractivity contribution in [1.82, 2.24) is 4.57 Å². The molecule has 0 aliphatic carbocycles. The van der Waals surface area contributed by atoms with Crippen LogP contribution in [0.5, 0.6) is 0 Å². The number of ether oxygens (including phenoxy) is 3. The second kappa shape index (κ2) is 9.28. The van der Waals surface area contributed by atoms with Crippen molar-refractivity contribution >= 4 is 22.8 Å². The highest BCUT2D eigenvalue weighted by atomic mass is 16.9. The predicted molar refractivity (Wildman–Crippen MR) is 108 cm³/mol. The van der Waals surface area contributed by atoms with Gasteiger partial charge in [-0.3, -0.25) is 0 Å². The number of para-hydroxylation sites is 1. The zero-order valence-electron chi connectivity index (χ0n) is 17.1.